The van der Waals surface area contributed by atoms with E-state index >= 15 is 0 Å². The SMILES string of the molecule is CN1C(=O)c2ccccc2Sc2cc(-c3noc(/C=C/c4ccco4)n3)ccc21. The number of anilines is 1. The van der Waals surface area contributed by atoms with E-state index in [0.717, 1.165) is 21.0 Å². The van der Waals surface area contributed by atoms with Crippen molar-refractivity contribution in [3.05, 3.63) is 78.1 Å². The second-order valence-electron chi connectivity index (χ2n) is 6.45. The summed E-state index contributed by atoms with van der Waals surface area (Å²) in [7, 11) is 1.79. The van der Waals surface area contributed by atoms with E-state index in [9.17, 15) is 4.79 Å². The van der Waals surface area contributed by atoms with Crippen molar-refractivity contribution < 1.29 is 13.7 Å². The lowest BCUT2D eigenvalue weighted by Crippen LogP contribution is -2.25. The van der Waals surface area contributed by atoms with Crippen molar-refractivity contribution in [2.75, 3.05) is 11.9 Å². The Morgan fingerprint density at radius 2 is 1.93 bits per heavy atom. The zero-order chi connectivity index (χ0) is 19.8. The van der Waals surface area contributed by atoms with Gasteiger partial charge in [-0.05, 0) is 48.5 Å². The van der Waals surface area contributed by atoms with Crippen LogP contribution in [0, 0.1) is 0 Å². The number of furan rings is 1. The summed E-state index contributed by atoms with van der Waals surface area (Å²) in [5, 5.41) is 4.08. The maximum atomic E-state index is 12.8. The smallest absolute Gasteiger partial charge is 0.259 e. The minimum absolute atomic E-state index is 0.0236. The van der Waals surface area contributed by atoms with Crippen LogP contribution in [-0.2, 0) is 0 Å². The van der Waals surface area contributed by atoms with E-state index in [1.807, 2.05) is 54.6 Å². The number of nitrogens with zero attached hydrogens (tertiary/aromatic N) is 3. The van der Waals surface area contributed by atoms with Crippen LogP contribution < -0.4 is 4.90 Å². The van der Waals surface area contributed by atoms with Gasteiger partial charge in [-0.25, -0.2) is 0 Å². The third-order valence-electron chi connectivity index (χ3n) is 4.60. The number of hydrogen-bond donors (Lipinski definition) is 0. The number of benzene rings is 2. The van der Waals surface area contributed by atoms with Gasteiger partial charge < -0.3 is 13.8 Å². The van der Waals surface area contributed by atoms with Crippen molar-refractivity contribution in [2.24, 2.45) is 0 Å². The fourth-order valence-electron chi connectivity index (χ4n) is 3.11. The molecular formula is C22H15N3O3S. The van der Waals surface area contributed by atoms with Crippen LogP contribution in [0.25, 0.3) is 23.5 Å². The molecule has 6 nitrogen and oxygen atoms in total. The molecule has 5 rings (SSSR count). The van der Waals surface area contributed by atoms with Gasteiger partial charge in [-0.2, -0.15) is 4.98 Å². The molecule has 0 saturated carbocycles. The lowest BCUT2D eigenvalue weighted by molar-refractivity contribution is 0.0990. The zero-order valence-corrected chi connectivity index (χ0v) is 16.2. The Kier molecular flexibility index (Phi) is 4.29. The maximum Gasteiger partial charge on any atom is 0.259 e. The first-order chi connectivity index (χ1) is 14.2. The van der Waals surface area contributed by atoms with Crippen LogP contribution in [0.5, 0.6) is 0 Å². The van der Waals surface area contributed by atoms with Gasteiger partial charge >= 0.3 is 0 Å². The molecule has 0 aliphatic carbocycles. The Balaban J connectivity index is 1.49. The van der Waals surface area contributed by atoms with Crippen LogP contribution in [0.1, 0.15) is 22.0 Å². The number of amides is 1. The predicted octanol–water partition coefficient (Wildman–Crippen LogP) is 5.24. The van der Waals surface area contributed by atoms with E-state index in [0.29, 0.717) is 23.0 Å². The van der Waals surface area contributed by atoms with Crippen molar-refractivity contribution >= 4 is 35.5 Å². The van der Waals surface area contributed by atoms with Crippen LogP contribution in [0.4, 0.5) is 5.69 Å². The van der Waals surface area contributed by atoms with Crippen LogP contribution in [0.2, 0.25) is 0 Å². The monoisotopic (exact) mass is 401 g/mol. The van der Waals surface area contributed by atoms with E-state index < -0.39 is 0 Å². The minimum Gasteiger partial charge on any atom is -0.465 e. The Hall–Kier alpha value is -3.58. The second-order valence-corrected chi connectivity index (χ2v) is 7.53. The van der Waals surface area contributed by atoms with Gasteiger partial charge in [0, 0.05) is 28.5 Å². The van der Waals surface area contributed by atoms with Gasteiger partial charge in [0.2, 0.25) is 5.82 Å². The average Bonchev–Trinajstić information content (AvgIpc) is 3.42. The highest BCUT2D eigenvalue weighted by Crippen LogP contribution is 2.42. The Morgan fingerprint density at radius 1 is 1.03 bits per heavy atom. The van der Waals surface area contributed by atoms with Crippen molar-refractivity contribution in [1.29, 1.82) is 0 Å². The minimum atomic E-state index is -0.0236. The topological polar surface area (TPSA) is 72.4 Å². The molecule has 0 spiro atoms. The molecule has 4 aromatic rings. The lowest BCUT2D eigenvalue weighted by atomic mass is 10.1. The third kappa shape index (κ3) is 3.25. The third-order valence-corrected chi connectivity index (χ3v) is 5.72. The fraction of sp³-hybridized carbons (Fsp3) is 0.0455. The van der Waals surface area contributed by atoms with Gasteiger partial charge in [0.25, 0.3) is 11.8 Å². The molecule has 1 aliphatic heterocycles. The Morgan fingerprint density at radius 3 is 2.79 bits per heavy atom. The summed E-state index contributed by atoms with van der Waals surface area (Å²) in [4.78, 5) is 20.8. The number of fused-ring (bicyclic) bond motifs is 2. The highest BCUT2D eigenvalue weighted by molar-refractivity contribution is 7.99. The van der Waals surface area contributed by atoms with Gasteiger partial charge in [-0.3, -0.25) is 4.79 Å². The molecule has 0 fully saturated rings. The summed E-state index contributed by atoms with van der Waals surface area (Å²) >= 11 is 1.56. The molecule has 0 saturated heterocycles. The summed E-state index contributed by atoms with van der Waals surface area (Å²) in [6.07, 6.45) is 5.07. The lowest BCUT2D eigenvalue weighted by Gasteiger charge is -2.17. The van der Waals surface area contributed by atoms with Crippen LogP contribution >= 0.6 is 11.8 Å². The van der Waals surface area contributed by atoms with Gasteiger partial charge in [-0.1, -0.05) is 29.1 Å². The molecule has 0 N–H and O–H groups in total. The van der Waals surface area contributed by atoms with Crippen molar-refractivity contribution in [1.82, 2.24) is 10.1 Å². The average molecular weight is 401 g/mol. The molecular weight excluding hydrogens is 386 g/mol. The standard InChI is InChI=1S/C22H15N3O3S/c1-25-17-10-8-14(13-19(17)29-18-7-3-2-6-16(18)22(25)26)21-23-20(28-24-21)11-9-15-5-4-12-27-15/h2-13H,1H3/b11-9+. The fourth-order valence-corrected chi connectivity index (χ4v) is 4.26. The summed E-state index contributed by atoms with van der Waals surface area (Å²) < 4.78 is 10.6. The number of aromatic nitrogens is 2. The zero-order valence-electron chi connectivity index (χ0n) is 15.4. The van der Waals surface area contributed by atoms with Crippen molar-refractivity contribution in [3.8, 4) is 11.4 Å². The van der Waals surface area contributed by atoms with Crippen LogP contribution in [0.15, 0.2) is 79.6 Å². The van der Waals surface area contributed by atoms with Crippen LogP contribution in [0.3, 0.4) is 0 Å². The molecule has 3 heterocycles. The summed E-state index contributed by atoms with van der Waals surface area (Å²) in [5.74, 6) is 1.55. The first kappa shape index (κ1) is 17.5. The molecule has 142 valence electrons. The van der Waals surface area contributed by atoms with Crippen LogP contribution in [-0.4, -0.2) is 23.1 Å². The van der Waals surface area contributed by atoms with E-state index in [4.69, 9.17) is 8.94 Å². The quantitative estimate of drug-likeness (QED) is 0.467. The van der Waals surface area contributed by atoms with Gasteiger partial charge in [0.1, 0.15) is 5.76 Å². The largest absolute Gasteiger partial charge is 0.465 e. The van der Waals surface area contributed by atoms with E-state index in [1.165, 1.54) is 0 Å². The Labute approximate surface area is 170 Å². The number of carbonyl (C=O) groups excluding carboxylic acids is 1. The molecule has 2 aromatic carbocycles. The predicted molar refractivity (Wildman–Crippen MR) is 111 cm³/mol. The molecule has 0 unspecified atom stereocenters. The molecule has 2 aromatic heterocycles. The maximum absolute atomic E-state index is 12.8. The Bertz CT molecular complexity index is 1230. The molecule has 7 heteroatoms. The molecule has 29 heavy (non-hydrogen) atoms. The van der Waals surface area contributed by atoms with Crippen molar-refractivity contribution in [3.63, 3.8) is 0 Å². The van der Waals surface area contributed by atoms with E-state index in [2.05, 4.69) is 10.1 Å². The summed E-state index contributed by atoms with van der Waals surface area (Å²) in [5.41, 5.74) is 2.36. The van der Waals surface area contributed by atoms with Gasteiger partial charge in [-0.15, -0.1) is 0 Å². The van der Waals surface area contributed by atoms with Gasteiger partial charge in [0.15, 0.2) is 0 Å². The summed E-state index contributed by atoms with van der Waals surface area (Å²) in [6, 6.07) is 17.1. The molecule has 1 aliphatic rings. The molecule has 0 atom stereocenters. The molecule has 1 amide bonds. The normalized spacial score (nSPS) is 13.4. The summed E-state index contributed by atoms with van der Waals surface area (Å²) in [6.45, 7) is 0. The molecule has 0 bridgehead atoms. The van der Waals surface area contributed by atoms with Gasteiger partial charge in [0.05, 0.1) is 17.5 Å². The molecule has 0 radical (unpaired) electrons. The number of hydrogen-bond acceptors (Lipinski definition) is 6. The first-order valence-electron chi connectivity index (χ1n) is 8.94. The number of carbonyl (C=O) groups is 1. The van der Waals surface area contributed by atoms with E-state index in [-0.39, 0.29) is 5.91 Å². The first-order valence-corrected chi connectivity index (χ1v) is 9.75. The van der Waals surface area contributed by atoms with E-state index in [1.54, 1.807) is 42.1 Å². The highest BCUT2D eigenvalue weighted by Gasteiger charge is 2.25. The highest BCUT2D eigenvalue weighted by atomic mass is 32.2. The second kappa shape index (κ2) is 7.10. The van der Waals surface area contributed by atoms with Crippen molar-refractivity contribution in [2.45, 2.75) is 9.79 Å². The number of rotatable bonds is 3.